The van der Waals surface area contributed by atoms with Crippen molar-refractivity contribution >= 4 is 0 Å². The third kappa shape index (κ3) is 2.07. The summed E-state index contributed by atoms with van der Waals surface area (Å²) in [7, 11) is 1.66. The molecule has 78 valence electrons. The number of benzene rings is 1. The monoisotopic (exact) mass is 194 g/mol. The van der Waals surface area contributed by atoms with Gasteiger partial charge in [-0.2, -0.15) is 0 Å². The zero-order chi connectivity index (χ0) is 10.7. The standard InChI is InChI=1S/C12H18O2/c1-5-11(13)10-6-9(3)12(14-4)7-8(10)2/h6-7,11,13H,5H2,1-4H3. The van der Waals surface area contributed by atoms with Crippen molar-refractivity contribution < 1.29 is 9.84 Å². The highest BCUT2D eigenvalue weighted by molar-refractivity contribution is 5.42. The van der Waals surface area contributed by atoms with E-state index in [-0.39, 0.29) is 6.10 Å². The van der Waals surface area contributed by atoms with Crippen LogP contribution in [0.25, 0.3) is 0 Å². The molecular formula is C12H18O2. The molecule has 14 heavy (non-hydrogen) atoms. The molecular weight excluding hydrogens is 176 g/mol. The van der Waals surface area contributed by atoms with E-state index in [1.807, 2.05) is 32.9 Å². The van der Waals surface area contributed by atoms with Crippen LogP contribution >= 0.6 is 0 Å². The van der Waals surface area contributed by atoms with Crippen LogP contribution in [0.5, 0.6) is 5.75 Å². The van der Waals surface area contributed by atoms with E-state index < -0.39 is 0 Å². The first-order valence-corrected chi connectivity index (χ1v) is 4.93. The minimum absolute atomic E-state index is 0.361. The predicted molar refractivity (Wildman–Crippen MR) is 57.7 cm³/mol. The predicted octanol–water partition coefficient (Wildman–Crippen LogP) is 2.76. The summed E-state index contributed by atoms with van der Waals surface area (Å²) in [4.78, 5) is 0. The Bertz CT molecular complexity index is 318. The second-order valence-electron chi connectivity index (χ2n) is 3.60. The van der Waals surface area contributed by atoms with Crippen molar-refractivity contribution in [2.45, 2.75) is 33.3 Å². The van der Waals surface area contributed by atoms with Crippen LogP contribution in [0.2, 0.25) is 0 Å². The van der Waals surface area contributed by atoms with Crippen LogP contribution in [-0.2, 0) is 0 Å². The summed E-state index contributed by atoms with van der Waals surface area (Å²) in [5, 5.41) is 9.76. The van der Waals surface area contributed by atoms with Gasteiger partial charge >= 0.3 is 0 Å². The maximum absolute atomic E-state index is 9.76. The molecule has 0 aliphatic rings. The molecule has 1 unspecified atom stereocenters. The van der Waals surface area contributed by atoms with E-state index in [0.717, 1.165) is 28.9 Å². The minimum Gasteiger partial charge on any atom is -0.496 e. The lowest BCUT2D eigenvalue weighted by molar-refractivity contribution is 0.173. The molecule has 0 radical (unpaired) electrons. The molecule has 2 heteroatoms. The fourth-order valence-corrected chi connectivity index (χ4v) is 1.61. The molecule has 0 bridgehead atoms. The maximum Gasteiger partial charge on any atom is 0.122 e. The Morgan fingerprint density at radius 3 is 2.43 bits per heavy atom. The molecule has 0 fully saturated rings. The number of aliphatic hydroxyl groups is 1. The molecule has 2 nitrogen and oxygen atoms in total. The smallest absolute Gasteiger partial charge is 0.122 e. The van der Waals surface area contributed by atoms with Crippen LogP contribution < -0.4 is 4.74 Å². The first kappa shape index (κ1) is 11.1. The summed E-state index contributed by atoms with van der Waals surface area (Å²) in [5.41, 5.74) is 3.16. The summed E-state index contributed by atoms with van der Waals surface area (Å²) in [6.45, 7) is 5.96. The van der Waals surface area contributed by atoms with Gasteiger partial charge in [0.1, 0.15) is 5.75 Å². The summed E-state index contributed by atoms with van der Waals surface area (Å²) in [6, 6.07) is 3.98. The molecule has 1 atom stereocenters. The summed E-state index contributed by atoms with van der Waals surface area (Å²) < 4.78 is 5.21. The molecule has 0 spiro atoms. The highest BCUT2D eigenvalue weighted by atomic mass is 16.5. The van der Waals surface area contributed by atoms with E-state index in [1.54, 1.807) is 7.11 Å². The van der Waals surface area contributed by atoms with Gasteiger partial charge in [-0.3, -0.25) is 0 Å². The average Bonchev–Trinajstić information content (AvgIpc) is 2.19. The number of ether oxygens (including phenoxy) is 1. The largest absolute Gasteiger partial charge is 0.496 e. The van der Waals surface area contributed by atoms with Gasteiger partial charge in [-0.25, -0.2) is 0 Å². The lowest BCUT2D eigenvalue weighted by Gasteiger charge is -2.14. The van der Waals surface area contributed by atoms with Gasteiger partial charge in [-0.05, 0) is 49.1 Å². The average molecular weight is 194 g/mol. The van der Waals surface area contributed by atoms with Crippen molar-refractivity contribution in [1.82, 2.24) is 0 Å². The number of aliphatic hydroxyl groups excluding tert-OH is 1. The maximum atomic E-state index is 9.76. The molecule has 1 N–H and O–H groups in total. The summed E-state index contributed by atoms with van der Waals surface area (Å²) >= 11 is 0. The molecule has 1 aromatic carbocycles. The number of rotatable bonds is 3. The number of hydrogen-bond donors (Lipinski definition) is 1. The van der Waals surface area contributed by atoms with Crippen LogP contribution in [0.15, 0.2) is 12.1 Å². The van der Waals surface area contributed by atoms with Gasteiger partial charge in [0, 0.05) is 0 Å². The topological polar surface area (TPSA) is 29.5 Å². The fraction of sp³-hybridized carbons (Fsp3) is 0.500. The molecule has 0 heterocycles. The fourth-order valence-electron chi connectivity index (χ4n) is 1.61. The van der Waals surface area contributed by atoms with E-state index in [4.69, 9.17) is 4.74 Å². The van der Waals surface area contributed by atoms with Crippen molar-refractivity contribution in [2.24, 2.45) is 0 Å². The van der Waals surface area contributed by atoms with Gasteiger partial charge in [0.2, 0.25) is 0 Å². The highest BCUT2D eigenvalue weighted by Gasteiger charge is 2.10. The Kier molecular flexibility index (Phi) is 3.53. The van der Waals surface area contributed by atoms with Gasteiger partial charge in [0.25, 0.3) is 0 Å². The van der Waals surface area contributed by atoms with Crippen molar-refractivity contribution in [2.75, 3.05) is 7.11 Å². The summed E-state index contributed by atoms with van der Waals surface area (Å²) in [6.07, 6.45) is 0.381. The van der Waals surface area contributed by atoms with Crippen molar-refractivity contribution in [3.63, 3.8) is 0 Å². The van der Waals surface area contributed by atoms with Crippen molar-refractivity contribution in [3.8, 4) is 5.75 Å². The van der Waals surface area contributed by atoms with Crippen molar-refractivity contribution in [1.29, 1.82) is 0 Å². The zero-order valence-electron chi connectivity index (χ0n) is 9.29. The molecule has 1 rings (SSSR count). The van der Waals surface area contributed by atoms with E-state index >= 15 is 0 Å². The van der Waals surface area contributed by atoms with Crippen LogP contribution in [0.1, 0.15) is 36.1 Å². The number of methoxy groups -OCH3 is 1. The molecule has 0 aliphatic carbocycles. The lowest BCUT2D eigenvalue weighted by atomic mass is 9.99. The number of hydrogen-bond acceptors (Lipinski definition) is 2. The van der Waals surface area contributed by atoms with Crippen LogP contribution in [-0.4, -0.2) is 12.2 Å². The van der Waals surface area contributed by atoms with Crippen LogP contribution in [0.4, 0.5) is 0 Å². The van der Waals surface area contributed by atoms with Gasteiger partial charge in [-0.1, -0.05) is 6.92 Å². The SMILES string of the molecule is CCC(O)c1cc(C)c(OC)cc1C. The van der Waals surface area contributed by atoms with Gasteiger partial charge in [0.15, 0.2) is 0 Å². The third-order valence-electron chi connectivity index (χ3n) is 2.53. The van der Waals surface area contributed by atoms with E-state index in [2.05, 4.69) is 0 Å². The molecule has 1 aromatic rings. The highest BCUT2D eigenvalue weighted by Crippen LogP contribution is 2.27. The first-order chi connectivity index (χ1) is 6.60. The Hall–Kier alpha value is -1.02. The number of aryl methyl sites for hydroxylation is 2. The Morgan fingerprint density at radius 1 is 1.29 bits per heavy atom. The van der Waals surface area contributed by atoms with E-state index in [9.17, 15) is 5.11 Å². The normalized spacial score (nSPS) is 12.6. The lowest BCUT2D eigenvalue weighted by Crippen LogP contribution is -2.00. The zero-order valence-corrected chi connectivity index (χ0v) is 9.29. The molecule has 0 amide bonds. The molecule has 0 saturated heterocycles. The molecule has 0 aliphatic heterocycles. The quantitative estimate of drug-likeness (QED) is 0.801. The Labute approximate surface area is 85.5 Å². The third-order valence-corrected chi connectivity index (χ3v) is 2.53. The Morgan fingerprint density at radius 2 is 1.93 bits per heavy atom. The van der Waals surface area contributed by atoms with Crippen molar-refractivity contribution in [3.05, 3.63) is 28.8 Å². The van der Waals surface area contributed by atoms with Crippen LogP contribution in [0.3, 0.4) is 0 Å². The van der Waals surface area contributed by atoms with E-state index in [1.165, 1.54) is 0 Å². The van der Waals surface area contributed by atoms with E-state index in [0.29, 0.717) is 0 Å². The molecule has 0 saturated carbocycles. The second-order valence-corrected chi connectivity index (χ2v) is 3.60. The van der Waals surface area contributed by atoms with Gasteiger partial charge in [0.05, 0.1) is 13.2 Å². The minimum atomic E-state index is -0.361. The van der Waals surface area contributed by atoms with Gasteiger partial charge < -0.3 is 9.84 Å². The van der Waals surface area contributed by atoms with Gasteiger partial charge in [-0.15, -0.1) is 0 Å². The van der Waals surface area contributed by atoms with Crippen LogP contribution in [0, 0.1) is 13.8 Å². The second kappa shape index (κ2) is 4.47. The Balaban J connectivity index is 3.14. The summed E-state index contributed by atoms with van der Waals surface area (Å²) in [5.74, 6) is 0.884. The first-order valence-electron chi connectivity index (χ1n) is 4.93. The molecule has 0 aromatic heterocycles.